The van der Waals surface area contributed by atoms with E-state index >= 15 is 0 Å². The molecular weight excluding hydrogens is 202 g/mol. The Morgan fingerprint density at radius 1 is 1.31 bits per heavy atom. The number of rotatable bonds is 3. The fourth-order valence-corrected chi connectivity index (χ4v) is 1.93. The summed E-state index contributed by atoms with van der Waals surface area (Å²) in [6.45, 7) is 3.32. The third kappa shape index (κ3) is 1.65. The molecule has 1 aromatic carbocycles. The summed E-state index contributed by atoms with van der Waals surface area (Å²) < 4.78 is 3.48. The lowest BCUT2D eigenvalue weighted by molar-refractivity contribution is 0.486. The van der Waals surface area contributed by atoms with Crippen LogP contribution in [0.3, 0.4) is 0 Å². The van der Waals surface area contributed by atoms with E-state index in [9.17, 15) is 4.79 Å². The van der Waals surface area contributed by atoms with E-state index in [0.29, 0.717) is 19.0 Å². The molecule has 0 saturated carbocycles. The van der Waals surface area contributed by atoms with Crippen molar-refractivity contribution in [1.29, 1.82) is 0 Å². The van der Waals surface area contributed by atoms with Crippen molar-refractivity contribution in [3.63, 3.8) is 0 Å². The molecule has 1 atom stereocenters. The van der Waals surface area contributed by atoms with Gasteiger partial charge in [-0.15, -0.1) is 0 Å². The summed E-state index contributed by atoms with van der Waals surface area (Å²) in [5, 5.41) is 0. The van der Waals surface area contributed by atoms with Crippen LogP contribution in [0.2, 0.25) is 0 Å². The standard InChI is InChI=1S/C12H17N3O/c1-9(7-13)8-15-11-6-4-3-5-10(11)14(2)12(15)16/h3-6,9H,7-8,13H2,1-2H3. The van der Waals surface area contributed by atoms with E-state index < -0.39 is 0 Å². The van der Waals surface area contributed by atoms with Crippen molar-refractivity contribution < 1.29 is 0 Å². The predicted octanol–water partition coefficient (Wildman–Crippen LogP) is 0.935. The monoisotopic (exact) mass is 219 g/mol. The van der Waals surface area contributed by atoms with Crippen molar-refractivity contribution in [2.24, 2.45) is 18.7 Å². The lowest BCUT2D eigenvalue weighted by atomic mass is 10.2. The van der Waals surface area contributed by atoms with Crippen molar-refractivity contribution >= 4 is 11.0 Å². The highest BCUT2D eigenvalue weighted by Gasteiger charge is 2.11. The zero-order valence-electron chi connectivity index (χ0n) is 9.68. The molecule has 4 nitrogen and oxygen atoms in total. The van der Waals surface area contributed by atoms with E-state index in [-0.39, 0.29) is 5.69 Å². The summed E-state index contributed by atoms with van der Waals surface area (Å²) in [4.78, 5) is 12.0. The van der Waals surface area contributed by atoms with Crippen LogP contribution in [0.4, 0.5) is 0 Å². The number of para-hydroxylation sites is 2. The van der Waals surface area contributed by atoms with Crippen LogP contribution < -0.4 is 11.4 Å². The van der Waals surface area contributed by atoms with E-state index in [4.69, 9.17) is 5.73 Å². The van der Waals surface area contributed by atoms with Crippen LogP contribution in [-0.2, 0) is 13.6 Å². The number of imidazole rings is 1. The van der Waals surface area contributed by atoms with E-state index in [1.54, 1.807) is 16.2 Å². The summed E-state index contributed by atoms with van der Waals surface area (Å²) in [5.74, 6) is 0.309. The summed E-state index contributed by atoms with van der Waals surface area (Å²) in [6, 6.07) is 7.82. The van der Waals surface area contributed by atoms with Crippen LogP contribution in [0.15, 0.2) is 29.1 Å². The molecule has 1 aromatic heterocycles. The van der Waals surface area contributed by atoms with E-state index in [1.807, 2.05) is 31.2 Å². The molecule has 2 rings (SSSR count). The van der Waals surface area contributed by atoms with Crippen LogP contribution in [0.1, 0.15) is 6.92 Å². The number of hydrogen-bond donors (Lipinski definition) is 1. The van der Waals surface area contributed by atoms with Gasteiger partial charge in [0, 0.05) is 13.6 Å². The van der Waals surface area contributed by atoms with Crippen molar-refractivity contribution in [3.8, 4) is 0 Å². The van der Waals surface area contributed by atoms with Crippen molar-refractivity contribution in [2.75, 3.05) is 6.54 Å². The molecule has 0 aliphatic carbocycles. The number of nitrogens with two attached hydrogens (primary N) is 1. The minimum Gasteiger partial charge on any atom is -0.330 e. The normalized spacial score (nSPS) is 13.2. The quantitative estimate of drug-likeness (QED) is 0.835. The maximum atomic E-state index is 12.0. The molecule has 1 unspecified atom stereocenters. The van der Waals surface area contributed by atoms with Gasteiger partial charge in [0.2, 0.25) is 0 Å². The maximum Gasteiger partial charge on any atom is 0.328 e. The number of benzene rings is 1. The highest BCUT2D eigenvalue weighted by Crippen LogP contribution is 2.12. The molecule has 0 amide bonds. The second kappa shape index (κ2) is 4.14. The Balaban J connectivity index is 2.60. The third-order valence-corrected chi connectivity index (χ3v) is 2.95. The Bertz CT molecular complexity index is 553. The maximum absolute atomic E-state index is 12.0. The van der Waals surface area contributed by atoms with Gasteiger partial charge in [0.1, 0.15) is 0 Å². The number of hydrogen-bond acceptors (Lipinski definition) is 2. The zero-order chi connectivity index (χ0) is 11.7. The first kappa shape index (κ1) is 11.0. The molecular formula is C12H17N3O. The highest BCUT2D eigenvalue weighted by molar-refractivity contribution is 5.75. The van der Waals surface area contributed by atoms with Gasteiger partial charge in [0.15, 0.2) is 0 Å². The number of aryl methyl sites for hydroxylation is 1. The lowest BCUT2D eigenvalue weighted by Crippen LogP contribution is -2.27. The van der Waals surface area contributed by atoms with Gasteiger partial charge >= 0.3 is 5.69 Å². The van der Waals surface area contributed by atoms with Gasteiger partial charge in [0.05, 0.1) is 11.0 Å². The van der Waals surface area contributed by atoms with Crippen LogP contribution in [-0.4, -0.2) is 15.7 Å². The Kier molecular flexibility index (Phi) is 2.83. The molecule has 4 heteroatoms. The van der Waals surface area contributed by atoms with Gasteiger partial charge < -0.3 is 5.73 Å². The van der Waals surface area contributed by atoms with Crippen LogP contribution in [0, 0.1) is 5.92 Å². The second-order valence-corrected chi connectivity index (χ2v) is 4.28. The molecule has 0 fully saturated rings. The third-order valence-electron chi connectivity index (χ3n) is 2.95. The van der Waals surface area contributed by atoms with Crippen LogP contribution in [0.25, 0.3) is 11.0 Å². The average molecular weight is 219 g/mol. The molecule has 0 bridgehead atoms. The van der Waals surface area contributed by atoms with E-state index in [2.05, 4.69) is 0 Å². The fraction of sp³-hybridized carbons (Fsp3) is 0.417. The number of aromatic nitrogens is 2. The van der Waals surface area contributed by atoms with E-state index in [1.165, 1.54) is 0 Å². The summed E-state index contributed by atoms with van der Waals surface area (Å²) >= 11 is 0. The van der Waals surface area contributed by atoms with Gasteiger partial charge in [-0.05, 0) is 24.6 Å². The Labute approximate surface area is 94.3 Å². The molecule has 2 aromatic rings. The summed E-state index contributed by atoms with van der Waals surface area (Å²) in [6.07, 6.45) is 0. The van der Waals surface area contributed by atoms with E-state index in [0.717, 1.165) is 11.0 Å². The number of fused-ring (bicyclic) bond motifs is 1. The largest absolute Gasteiger partial charge is 0.330 e. The fourth-order valence-electron chi connectivity index (χ4n) is 1.93. The molecule has 86 valence electrons. The van der Waals surface area contributed by atoms with Crippen molar-refractivity contribution in [3.05, 3.63) is 34.7 Å². The molecule has 16 heavy (non-hydrogen) atoms. The van der Waals surface area contributed by atoms with Gasteiger partial charge in [0.25, 0.3) is 0 Å². The molecule has 1 heterocycles. The molecule has 0 aliphatic rings. The molecule has 2 N–H and O–H groups in total. The Hall–Kier alpha value is -1.55. The SMILES string of the molecule is CC(CN)Cn1c(=O)n(C)c2ccccc21. The highest BCUT2D eigenvalue weighted by atomic mass is 16.1. The topological polar surface area (TPSA) is 52.9 Å². The minimum absolute atomic E-state index is 0.0292. The number of nitrogens with zero attached hydrogens (tertiary/aromatic N) is 2. The molecule has 0 spiro atoms. The van der Waals surface area contributed by atoms with Crippen LogP contribution in [0.5, 0.6) is 0 Å². The minimum atomic E-state index is 0.0292. The summed E-state index contributed by atoms with van der Waals surface area (Å²) in [7, 11) is 1.80. The smallest absolute Gasteiger partial charge is 0.328 e. The Morgan fingerprint density at radius 2 is 1.94 bits per heavy atom. The van der Waals surface area contributed by atoms with Gasteiger partial charge in [-0.1, -0.05) is 19.1 Å². The first-order valence-electron chi connectivity index (χ1n) is 5.49. The van der Waals surface area contributed by atoms with Crippen molar-refractivity contribution in [2.45, 2.75) is 13.5 Å². The predicted molar refractivity (Wildman–Crippen MR) is 65.4 cm³/mol. The average Bonchev–Trinajstić information content (AvgIpc) is 2.55. The zero-order valence-corrected chi connectivity index (χ0v) is 9.68. The van der Waals surface area contributed by atoms with Gasteiger partial charge in [-0.3, -0.25) is 9.13 Å². The first-order chi connectivity index (χ1) is 7.65. The van der Waals surface area contributed by atoms with Crippen LogP contribution >= 0.6 is 0 Å². The summed E-state index contributed by atoms with van der Waals surface area (Å²) in [5.41, 5.74) is 7.58. The first-order valence-corrected chi connectivity index (χ1v) is 5.49. The van der Waals surface area contributed by atoms with Gasteiger partial charge in [-0.2, -0.15) is 0 Å². The molecule has 0 aliphatic heterocycles. The Morgan fingerprint density at radius 3 is 2.56 bits per heavy atom. The second-order valence-electron chi connectivity index (χ2n) is 4.28. The van der Waals surface area contributed by atoms with Crippen molar-refractivity contribution in [1.82, 2.24) is 9.13 Å². The molecule has 0 saturated heterocycles. The molecule has 0 radical (unpaired) electrons. The van der Waals surface area contributed by atoms with Gasteiger partial charge in [-0.25, -0.2) is 4.79 Å². The lowest BCUT2D eigenvalue weighted by Gasteiger charge is -2.08.